The van der Waals surface area contributed by atoms with Crippen LogP contribution in [0.5, 0.6) is 0 Å². The van der Waals surface area contributed by atoms with E-state index in [4.69, 9.17) is 0 Å². The minimum atomic E-state index is 0.214. The molecule has 3 heterocycles. The quantitative estimate of drug-likeness (QED) is 0.854. The lowest BCUT2D eigenvalue weighted by Gasteiger charge is -2.38. The molecule has 114 valence electrons. The van der Waals surface area contributed by atoms with Crippen LogP contribution in [0.2, 0.25) is 0 Å². The van der Waals surface area contributed by atoms with Crippen molar-refractivity contribution < 1.29 is 4.79 Å². The molecule has 2 saturated heterocycles. The summed E-state index contributed by atoms with van der Waals surface area (Å²) in [7, 11) is 0. The highest BCUT2D eigenvalue weighted by Crippen LogP contribution is 2.29. The molecule has 0 saturated carbocycles. The van der Waals surface area contributed by atoms with Gasteiger partial charge in [0.05, 0.1) is 0 Å². The molecule has 2 aromatic rings. The first-order valence-electron chi connectivity index (χ1n) is 8.20. The van der Waals surface area contributed by atoms with Crippen molar-refractivity contribution in [1.82, 2.24) is 9.88 Å². The summed E-state index contributed by atoms with van der Waals surface area (Å²) in [6.07, 6.45) is 4.94. The normalized spacial score (nSPS) is 19.3. The summed E-state index contributed by atoms with van der Waals surface area (Å²) >= 11 is 0. The van der Waals surface area contributed by atoms with Crippen LogP contribution in [0.15, 0.2) is 36.5 Å². The smallest absolute Gasteiger partial charge is 0.225 e. The highest BCUT2D eigenvalue weighted by Gasteiger charge is 2.31. The lowest BCUT2D eigenvalue weighted by Crippen LogP contribution is -2.48. The molecule has 1 aromatic carbocycles. The topological polar surface area (TPSA) is 36.4 Å². The zero-order valence-electron chi connectivity index (χ0n) is 12.7. The van der Waals surface area contributed by atoms with E-state index in [-0.39, 0.29) is 5.92 Å². The number of carbonyl (C=O) groups excluding carboxylic acids is 1. The van der Waals surface area contributed by atoms with E-state index in [0.29, 0.717) is 5.91 Å². The Balaban J connectivity index is 1.49. The Morgan fingerprint density at radius 2 is 1.82 bits per heavy atom. The molecule has 0 radical (unpaired) electrons. The number of carbonyl (C=O) groups is 1. The summed E-state index contributed by atoms with van der Waals surface area (Å²) in [4.78, 5) is 21.3. The number of hydrogen-bond donors (Lipinski definition) is 0. The van der Waals surface area contributed by atoms with Crippen LogP contribution in [-0.2, 0) is 4.79 Å². The van der Waals surface area contributed by atoms with E-state index in [9.17, 15) is 4.79 Å². The first kappa shape index (κ1) is 13.6. The van der Waals surface area contributed by atoms with Gasteiger partial charge in [0.25, 0.3) is 0 Å². The predicted molar refractivity (Wildman–Crippen MR) is 87.9 cm³/mol. The van der Waals surface area contributed by atoms with Gasteiger partial charge in [0.15, 0.2) is 0 Å². The van der Waals surface area contributed by atoms with E-state index in [1.54, 1.807) is 0 Å². The van der Waals surface area contributed by atoms with Crippen LogP contribution in [0.3, 0.4) is 0 Å². The molecule has 0 unspecified atom stereocenters. The van der Waals surface area contributed by atoms with Crippen LogP contribution in [0.1, 0.15) is 19.3 Å². The van der Waals surface area contributed by atoms with E-state index in [2.05, 4.69) is 40.2 Å². The number of likely N-dealkylation sites (tertiary alicyclic amines) is 1. The summed E-state index contributed by atoms with van der Waals surface area (Å²) in [5.74, 6) is 1.65. The third-order valence-corrected chi connectivity index (χ3v) is 4.96. The first-order valence-corrected chi connectivity index (χ1v) is 8.20. The lowest BCUT2D eigenvalue weighted by molar-refractivity contribution is -0.139. The average Bonchev–Trinajstić information content (AvgIpc) is 2.53. The number of piperidine rings is 1. The monoisotopic (exact) mass is 295 g/mol. The van der Waals surface area contributed by atoms with Gasteiger partial charge in [-0.15, -0.1) is 0 Å². The molecule has 0 atom stereocenters. The SMILES string of the molecule is O=C(C1CCN(c2nccc3ccccc23)CC1)N1CCC1. The van der Waals surface area contributed by atoms with Crippen LogP contribution < -0.4 is 4.90 Å². The van der Waals surface area contributed by atoms with Crippen LogP contribution in [0.25, 0.3) is 10.8 Å². The fourth-order valence-electron chi connectivity index (χ4n) is 3.49. The molecule has 4 heteroatoms. The number of pyridine rings is 1. The molecular weight excluding hydrogens is 274 g/mol. The van der Waals surface area contributed by atoms with E-state index in [1.807, 2.05) is 11.1 Å². The van der Waals surface area contributed by atoms with Gasteiger partial charge >= 0.3 is 0 Å². The summed E-state index contributed by atoms with van der Waals surface area (Å²) in [6, 6.07) is 10.4. The molecule has 0 bridgehead atoms. The summed E-state index contributed by atoms with van der Waals surface area (Å²) < 4.78 is 0. The van der Waals surface area contributed by atoms with Crippen LogP contribution in [0, 0.1) is 5.92 Å². The first-order chi connectivity index (χ1) is 10.8. The van der Waals surface area contributed by atoms with Gasteiger partial charge in [-0.05, 0) is 30.7 Å². The number of aromatic nitrogens is 1. The minimum absolute atomic E-state index is 0.214. The van der Waals surface area contributed by atoms with Crippen molar-refractivity contribution in [3.8, 4) is 0 Å². The molecule has 4 nitrogen and oxygen atoms in total. The second-order valence-electron chi connectivity index (χ2n) is 6.30. The van der Waals surface area contributed by atoms with Crippen molar-refractivity contribution in [1.29, 1.82) is 0 Å². The molecule has 22 heavy (non-hydrogen) atoms. The predicted octanol–water partition coefficient (Wildman–Crippen LogP) is 2.68. The van der Waals surface area contributed by atoms with E-state index >= 15 is 0 Å². The molecule has 0 N–H and O–H groups in total. The van der Waals surface area contributed by atoms with Gasteiger partial charge < -0.3 is 9.80 Å². The molecule has 2 aliphatic heterocycles. The number of anilines is 1. The van der Waals surface area contributed by atoms with Gasteiger partial charge in [0.2, 0.25) is 5.91 Å². The zero-order chi connectivity index (χ0) is 14.9. The fraction of sp³-hybridized carbons (Fsp3) is 0.444. The molecule has 0 aliphatic carbocycles. The van der Waals surface area contributed by atoms with Crippen molar-refractivity contribution in [3.63, 3.8) is 0 Å². The lowest BCUT2D eigenvalue weighted by atomic mass is 9.94. The van der Waals surface area contributed by atoms with Crippen molar-refractivity contribution in [3.05, 3.63) is 36.5 Å². The molecule has 0 spiro atoms. The Kier molecular flexibility index (Phi) is 3.45. The van der Waals surface area contributed by atoms with Gasteiger partial charge in [0.1, 0.15) is 5.82 Å². The molecule has 2 fully saturated rings. The maximum atomic E-state index is 12.3. The van der Waals surface area contributed by atoms with Gasteiger partial charge in [-0.25, -0.2) is 4.98 Å². The van der Waals surface area contributed by atoms with Crippen LogP contribution in [0.4, 0.5) is 5.82 Å². The molecular formula is C18H21N3O. The Morgan fingerprint density at radius 1 is 1.05 bits per heavy atom. The van der Waals surface area contributed by atoms with Crippen molar-refractivity contribution in [2.75, 3.05) is 31.1 Å². The number of amides is 1. The standard InChI is InChI=1S/C18H21N3O/c22-18(21-10-3-11-21)15-7-12-20(13-8-15)17-16-5-2-1-4-14(16)6-9-19-17/h1-2,4-6,9,15H,3,7-8,10-13H2. The highest BCUT2D eigenvalue weighted by molar-refractivity contribution is 5.92. The zero-order valence-corrected chi connectivity index (χ0v) is 12.7. The van der Waals surface area contributed by atoms with Crippen molar-refractivity contribution in [2.45, 2.75) is 19.3 Å². The summed E-state index contributed by atoms with van der Waals surface area (Å²) in [5.41, 5.74) is 0. The third kappa shape index (κ3) is 2.32. The van der Waals surface area contributed by atoms with Gasteiger partial charge in [-0.3, -0.25) is 4.79 Å². The molecule has 4 rings (SSSR count). The third-order valence-electron chi connectivity index (χ3n) is 4.96. The Hall–Kier alpha value is -2.10. The van der Waals surface area contributed by atoms with E-state index < -0.39 is 0 Å². The Bertz CT molecular complexity index is 682. The van der Waals surface area contributed by atoms with E-state index in [1.165, 1.54) is 17.2 Å². The van der Waals surface area contributed by atoms with Gasteiger partial charge in [-0.2, -0.15) is 0 Å². The Labute approximate surface area is 130 Å². The fourth-order valence-corrected chi connectivity index (χ4v) is 3.49. The molecule has 2 aliphatic rings. The van der Waals surface area contributed by atoms with Crippen molar-refractivity contribution in [2.24, 2.45) is 5.92 Å². The molecule has 1 aromatic heterocycles. The van der Waals surface area contributed by atoms with Gasteiger partial charge in [-0.1, -0.05) is 24.3 Å². The minimum Gasteiger partial charge on any atom is -0.356 e. The summed E-state index contributed by atoms with van der Waals surface area (Å²) in [6.45, 7) is 3.77. The number of hydrogen-bond acceptors (Lipinski definition) is 3. The molecule has 1 amide bonds. The Morgan fingerprint density at radius 3 is 2.55 bits per heavy atom. The highest BCUT2D eigenvalue weighted by atomic mass is 16.2. The number of fused-ring (bicyclic) bond motifs is 1. The number of benzene rings is 1. The second-order valence-corrected chi connectivity index (χ2v) is 6.30. The maximum absolute atomic E-state index is 12.3. The largest absolute Gasteiger partial charge is 0.356 e. The average molecular weight is 295 g/mol. The van der Waals surface area contributed by atoms with Crippen LogP contribution in [-0.4, -0.2) is 42.0 Å². The van der Waals surface area contributed by atoms with E-state index in [0.717, 1.165) is 44.8 Å². The maximum Gasteiger partial charge on any atom is 0.225 e. The number of nitrogens with zero attached hydrogens (tertiary/aromatic N) is 3. The summed E-state index contributed by atoms with van der Waals surface area (Å²) in [5, 5.41) is 2.43. The van der Waals surface area contributed by atoms with Crippen molar-refractivity contribution >= 4 is 22.5 Å². The van der Waals surface area contributed by atoms with Crippen LogP contribution >= 0.6 is 0 Å². The van der Waals surface area contributed by atoms with Gasteiger partial charge in [0, 0.05) is 43.7 Å². The second kappa shape index (κ2) is 5.59. The number of rotatable bonds is 2.